The van der Waals surface area contributed by atoms with Gasteiger partial charge in [-0.15, -0.1) is 0 Å². The standard InChI is InChI=1S/2C11H10.3C8H10.C7H8.C5H12.C4H10.C2H6/c1-9-5-4-7-10-6-2-3-8-11(9)10;1-9-6-7-10-4-2-3-5-11(10)8-9;1-7-3-5-8(2)6-4-7;1-7-4-3-5-8(2)6-7;1-7-5-3-4-6-8(7)2;1-7-5-3-2-4-6-7;1-5(2,3)4;1-4(2)3;1-2/h2*2-8H,1H3;3*3-6H,1-2H3;2-6H,1H3;1-4H3;4H,1-3H3;1-2H3. The number of hydrogen-bond donors (Lipinski definition) is 0. The molecule has 8 aromatic carbocycles. The van der Waals surface area contributed by atoms with E-state index in [2.05, 4.69) is 281 Å². The molecule has 64 heavy (non-hydrogen) atoms. The van der Waals surface area contributed by atoms with Crippen LogP contribution in [0.15, 0.2) is 188 Å². The summed E-state index contributed by atoms with van der Waals surface area (Å²) < 4.78 is 0. The van der Waals surface area contributed by atoms with Crippen LogP contribution in [-0.2, 0) is 0 Å². The Hall–Kier alpha value is -5.72. The summed E-state index contributed by atoms with van der Waals surface area (Å²) >= 11 is 0. The van der Waals surface area contributed by atoms with E-state index in [1.807, 2.05) is 32.0 Å². The summed E-state index contributed by atoms with van der Waals surface area (Å²) in [7, 11) is 0. The van der Waals surface area contributed by atoms with Gasteiger partial charge in [0.25, 0.3) is 0 Å². The van der Waals surface area contributed by atoms with Crippen molar-refractivity contribution in [1.82, 2.24) is 0 Å². The van der Waals surface area contributed by atoms with Crippen molar-refractivity contribution in [3.8, 4) is 0 Å². The van der Waals surface area contributed by atoms with Crippen LogP contribution in [0.1, 0.15) is 112 Å². The van der Waals surface area contributed by atoms with Crippen molar-refractivity contribution in [2.45, 2.75) is 125 Å². The number of hydrogen-bond acceptors (Lipinski definition) is 0. The van der Waals surface area contributed by atoms with E-state index in [0.717, 1.165) is 5.92 Å². The molecule has 0 fully saturated rings. The van der Waals surface area contributed by atoms with Crippen LogP contribution in [0, 0.1) is 73.6 Å². The molecule has 0 aliphatic heterocycles. The lowest BCUT2D eigenvalue weighted by atomic mass is 10.0. The fourth-order valence-electron chi connectivity index (χ4n) is 5.34. The zero-order valence-corrected chi connectivity index (χ0v) is 43.5. The first-order valence-corrected chi connectivity index (χ1v) is 23.2. The van der Waals surface area contributed by atoms with E-state index >= 15 is 0 Å². The highest BCUT2D eigenvalue weighted by molar-refractivity contribution is 5.85. The lowest BCUT2D eigenvalue weighted by Crippen LogP contribution is -1.93. The quantitative estimate of drug-likeness (QED) is 0.143. The van der Waals surface area contributed by atoms with Crippen molar-refractivity contribution in [2.75, 3.05) is 0 Å². The van der Waals surface area contributed by atoms with Crippen LogP contribution in [-0.4, -0.2) is 0 Å². The normalized spacial score (nSPS) is 9.55. The highest BCUT2D eigenvalue weighted by atomic mass is 14.0. The minimum atomic E-state index is 0.500. The van der Waals surface area contributed by atoms with Crippen LogP contribution in [0.3, 0.4) is 0 Å². The Morgan fingerprint density at radius 1 is 0.281 bits per heavy atom. The van der Waals surface area contributed by atoms with Crippen LogP contribution in [0.25, 0.3) is 21.5 Å². The second-order valence-electron chi connectivity index (χ2n) is 18.4. The van der Waals surface area contributed by atoms with Gasteiger partial charge in [0.1, 0.15) is 0 Å². The predicted molar refractivity (Wildman–Crippen MR) is 293 cm³/mol. The minimum absolute atomic E-state index is 0.500. The van der Waals surface area contributed by atoms with Crippen molar-refractivity contribution >= 4 is 21.5 Å². The maximum absolute atomic E-state index is 2.20. The number of fused-ring (bicyclic) bond motifs is 2. The number of benzene rings is 8. The molecule has 0 saturated carbocycles. The van der Waals surface area contributed by atoms with Gasteiger partial charge >= 0.3 is 0 Å². The molecule has 0 aliphatic rings. The SMILES string of the molecule is CC.CC(C)(C)C.CC(C)C.Cc1ccc(C)cc1.Cc1ccc2ccccc2c1.Cc1cccc(C)c1.Cc1cccc2ccccc12.Cc1ccccc1.Cc1ccccc1C. The van der Waals surface area contributed by atoms with Crippen molar-refractivity contribution in [3.63, 3.8) is 0 Å². The highest BCUT2D eigenvalue weighted by Crippen LogP contribution is 2.17. The molecule has 0 heterocycles. The maximum Gasteiger partial charge on any atom is -0.0155 e. The summed E-state index contributed by atoms with van der Waals surface area (Å²) in [6.45, 7) is 38.2. The smallest absolute Gasteiger partial charge is 0.0155 e. The Balaban J connectivity index is 0.000000717. The van der Waals surface area contributed by atoms with E-state index in [1.54, 1.807) is 0 Å². The molecule has 0 atom stereocenters. The van der Waals surface area contributed by atoms with Gasteiger partial charge in [0.15, 0.2) is 0 Å². The maximum atomic E-state index is 2.20. The molecule has 342 valence electrons. The molecule has 0 bridgehead atoms. The number of aryl methyl sites for hydroxylation is 9. The molecular weight excluding hydrogens is 769 g/mol. The molecule has 0 aliphatic carbocycles. The second kappa shape index (κ2) is 33.8. The van der Waals surface area contributed by atoms with Gasteiger partial charge in [0.2, 0.25) is 0 Å². The zero-order valence-electron chi connectivity index (χ0n) is 43.5. The molecule has 0 saturated heterocycles. The van der Waals surface area contributed by atoms with Crippen LogP contribution in [0.5, 0.6) is 0 Å². The second-order valence-corrected chi connectivity index (χ2v) is 18.4. The van der Waals surface area contributed by atoms with E-state index in [1.165, 1.54) is 71.6 Å². The van der Waals surface area contributed by atoms with Crippen LogP contribution >= 0.6 is 0 Å². The molecule has 0 spiro atoms. The Labute approximate surface area is 393 Å². The summed E-state index contributed by atoms with van der Waals surface area (Å²) in [5, 5.41) is 5.33. The highest BCUT2D eigenvalue weighted by Gasteiger charge is 1.96. The van der Waals surface area contributed by atoms with Gasteiger partial charge < -0.3 is 0 Å². The molecule has 0 amide bonds. The monoisotopic (exact) mass is 855 g/mol. The minimum Gasteiger partial charge on any atom is -0.0683 e. The molecule has 0 nitrogen and oxygen atoms in total. The van der Waals surface area contributed by atoms with Crippen LogP contribution < -0.4 is 0 Å². The first kappa shape index (κ1) is 58.3. The fourth-order valence-corrected chi connectivity index (χ4v) is 5.34. The molecule has 0 unspecified atom stereocenters. The van der Waals surface area contributed by atoms with E-state index in [-0.39, 0.29) is 0 Å². The molecule has 0 radical (unpaired) electrons. The average molecular weight is 855 g/mol. The van der Waals surface area contributed by atoms with Crippen molar-refractivity contribution < 1.29 is 0 Å². The first-order valence-electron chi connectivity index (χ1n) is 23.2. The summed E-state index contributed by atoms with van der Waals surface area (Å²) in [6.07, 6.45) is 0. The van der Waals surface area contributed by atoms with Crippen molar-refractivity contribution in [1.29, 1.82) is 0 Å². The van der Waals surface area contributed by atoms with Gasteiger partial charge in [0.05, 0.1) is 0 Å². The molecule has 8 aromatic rings. The van der Waals surface area contributed by atoms with E-state index in [0.29, 0.717) is 5.41 Å². The molecule has 8 rings (SSSR count). The summed E-state index contributed by atoms with van der Waals surface area (Å²) in [4.78, 5) is 0. The van der Waals surface area contributed by atoms with Gasteiger partial charge in [-0.05, 0) is 112 Å². The molecule has 0 N–H and O–H groups in total. The largest absolute Gasteiger partial charge is 0.0683 e. The third kappa shape index (κ3) is 31.2. The van der Waals surface area contributed by atoms with E-state index < -0.39 is 0 Å². The van der Waals surface area contributed by atoms with Crippen molar-refractivity contribution in [2.24, 2.45) is 11.3 Å². The zero-order chi connectivity index (χ0) is 48.5. The lowest BCUT2D eigenvalue weighted by Gasteiger charge is -2.05. The van der Waals surface area contributed by atoms with Gasteiger partial charge in [-0.1, -0.05) is 284 Å². The van der Waals surface area contributed by atoms with Crippen molar-refractivity contribution in [3.05, 3.63) is 238 Å². The molecule has 0 aromatic heterocycles. The Morgan fingerprint density at radius 2 is 0.578 bits per heavy atom. The summed E-state index contributed by atoms with van der Waals surface area (Å²) in [5.74, 6) is 0.833. The predicted octanol–water partition coefficient (Wildman–Crippen LogP) is 19.9. The average Bonchev–Trinajstić information content (AvgIpc) is 3.24. The molecule has 0 heteroatoms. The third-order valence-electron chi connectivity index (χ3n) is 8.67. The van der Waals surface area contributed by atoms with Gasteiger partial charge in [-0.2, -0.15) is 0 Å². The number of rotatable bonds is 0. The topological polar surface area (TPSA) is 0 Å². The van der Waals surface area contributed by atoms with Gasteiger partial charge in [-0.25, -0.2) is 0 Å². The van der Waals surface area contributed by atoms with Crippen LogP contribution in [0.2, 0.25) is 0 Å². The van der Waals surface area contributed by atoms with Gasteiger partial charge in [-0.3, -0.25) is 0 Å². The fraction of sp³-hybridized carbons (Fsp3) is 0.312. The third-order valence-corrected chi connectivity index (χ3v) is 8.67. The lowest BCUT2D eigenvalue weighted by molar-refractivity contribution is 0.469. The van der Waals surface area contributed by atoms with Crippen LogP contribution in [0.4, 0.5) is 0 Å². The first-order chi connectivity index (χ1) is 30.2. The summed E-state index contributed by atoms with van der Waals surface area (Å²) in [6, 6.07) is 65.3. The van der Waals surface area contributed by atoms with E-state index in [9.17, 15) is 0 Å². The van der Waals surface area contributed by atoms with Gasteiger partial charge in [0, 0.05) is 0 Å². The molecular formula is C64H86. The Morgan fingerprint density at radius 3 is 0.969 bits per heavy atom. The summed E-state index contributed by atoms with van der Waals surface area (Å²) in [5.41, 5.74) is 12.6. The Kier molecular flexibility index (Phi) is 30.8. The Bertz CT molecular complexity index is 2270. The van der Waals surface area contributed by atoms with E-state index in [4.69, 9.17) is 0 Å².